The molecule has 29 heavy (non-hydrogen) atoms. The highest BCUT2D eigenvalue weighted by molar-refractivity contribution is 14.0. The maximum absolute atomic E-state index is 5.65. The first-order valence-electron chi connectivity index (χ1n) is 9.80. The smallest absolute Gasteiger partial charge is 0.191 e. The molecule has 1 aromatic heterocycles. The summed E-state index contributed by atoms with van der Waals surface area (Å²) < 4.78 is 10.9. The molecule has 8 heteroatoms. The minimum atomic E-state index is 0. The lowest BCUT2D eigenvalue weighted by Gasteiger charge is -2.11. The number of nitrogens with one attached hydrogen (secondary N) is 2. The summed E-state index contributed by atoms with van der Waals surface area (Å²) in [5.41, 5.74) is 3.40. The van der Waals surface area contributed by atoms with Crippen molar-refractivity contribution in [2.75, 3.05) is 26.4 Å². The molecule has 0 aliphatic rings. The lowest BCUT2D eigenvalue weighted by Crippen LogP contribution is -2.36. The fourth-order valence-corrected chi connectivity index (χ4v) is 3.56. The van der Waals surface area contributed by atoms with Crippen LogP contribution in [0, 0.1) is 13.8 Å². The summed E-state index contributed by atoms with van der Waals surface area (Å²) in [6, 6.07) is 8.36. The first-order valence-corrected chi connectivity index (χ1v) is 10.6. The highest BCUT2D eigenvalue weighted by Gasteiger charge is 2.06. The molecule has 1 heterocycles. The summed E-state index contributed by atoms with van der Waals surface area (Å²) >= 11 is 1.72. The van der Waals surface area contributed by atoms with Gasteiger partial charge < -0.3 is 20.1 Å². The number of ether oxygens (including phenoxy) is 2. The van der Waals surface area contributed by atoms with Gasteiger partial charge in [-0.25, -0.2) is 9.98 Å². The number of nitrogens with zero attached hydrogens (tertiary/aromatic N) is 2. The quantitative estimate of drug-likeness (QED) is 0.197. The lowest BCUT2D eigenvalue weighted by atomic mass is 10.1. The van der Waals surface area contributed by atoms with Crippen LogP contribution in [-0.2, 0) is 29.2 Å². The Morgan fingerprint density at radius 3 is 2.55 bits per heavy atom. The number of aromatic nitrogens is 1. The van der Waals surface area contributed by atoms with Crippen molar-refractivity contribution in [2.24, 2.45) is 4.99 Å². The van der Waals surface area contributed by atoms with Gasteiger partial charge in [0.25, 0.3) is 0 Å². The van der Waals surface area contributed by atoms with Crippen LogP contribution >= 0.6 is 35.3 Å². The number of hydrogen-bond donors (Lipinski definition) is 2. The van der Waals surface area contributed by atoms with Crippen LogP contribution in [0.15, 0.2) is 29.3 Å². The van der Waals surface area contributed by atoms with Crippen molar-refractivity contribution in [3.05, 3.63) is 51.0 Å². The fraction of sp³-hybridized carbons (Fsp3) is 0.524. The predicted molar refractivity (Wildman–Crippen MR) is 131 cm³/mol. The van der Waals surface area contributed by atoms with E-state index >= 15 is 0 Å². The lowest BCUT2D eigenvalue weighted by molar-refractivity contribution is 0.0453. The maximum atomic E-state index is 5.65. The molecule has 0 radical (unpaired) electrons. The van der Waals surface area contributed by atoms with Crippen molar-refractivity contribution >= 4 is 41.3 Å². The van der Waals surface area contributed by atoms with E-state index in [9.17, 15) is 0 Å². The van der Waals surface area contributed by atoms with E-state index in [0.717, 1.165) is 47.5 Å². The third-order valence-electron chi connectivity index (χ3n) is 4.02. The van der Waals surface area contributed by atoms with E-state index in [0.29, 0.717) is 26.4 Å². The van der Waals surface area contributed by atoms with Crippen LogP contribution < -0.4 is 10.6 Å². The molecule has 1 aromatic carbocycles. The Morgan fingerprint density at radius 2 is 1.86 bits per heavy atom. The standard InChI is InChI=1S/C21H32N4O2S.HI/c1-5-22-21(24-14-20-16(3)25-17(4)28-20)23-13-18-8-7-9-19(12-18)15-27-11-10-26-6-2;/h7-9,12H,5-6,10-11,13-15H2,1-4H3,(H2,22,23,24);1H. The van der Waals surface area contributed by atoms with Gasteiger partial charge in [-0.3, -0.25) is 0 Å². The summed E-state index contributed by atoms with van der Waals surface area (Å²) in [6.45, 7) is 12.9. The number of halogens is 1. The topological polar surface area (TPSA) is 67.8 Å². The molecule has 0 aliphatic heterocycles. The van der Waals surface area contributed by atoms with Crippen LogP contribution in [0.25, 0.3) is 0 Å². The SMILES string of the molecule is CCNC(=NCc1cccc(COCCOCC)c1)NCc1sc(C)nc1C.I. The van der Waals surface area contributed by atoms with Crippen LogP contribution in [0.2, 0.25) is 0 Å². The second kappa shape index (κ2) is 14.7. The Morgan fingerprint density at radius 1 is 1.10 bits per heavy atom. The van der Waals surface area contributed by atoms with E-state index in [2.05, 4.69) is 46.8 Å². The minimum Gasteiger partial charge on any atom is -0.379 e. The zero-order valence-corrected chi connectivity index (χ0v) is 20.9. The number of rotatable bonds is 11. The second-order valence-electron chi connectivity index (χ2n) is 6.36. The van der Waals surface area contributed by atoms with Gasteiger partial charge in [0.05, 0.1) is 43.6 Å². The fourth-order valence-electron chi connectivity index (χ4n) is 2.68. The van der Waals surface area contributed by atoms with Gasteiger partial charge in [-0.1, -0.05) is 24.3 Å². The average Bonchev–Trinajstić information content (AvgIpc) is 3.01. The van der Waals surface area contributed by atoms with E-state index in [1.54, 1.807) is 11.3 Å². The molecule has 162 valence electrons. The largest absolute Gasteiger partial charge is 0.379 e. The molecule has 0 atom stereocenters. The summed E-state index contributed by atoms with van der Waals surface area (Å²) in [4.78, 5) is 10.4. The van der Waals surface area contributed by atoms with Gasteiger partial charge >= 0.3 is 0 Å². The van der Waals surface area contributed by atoms with Crippen molar-refractivity contribution in [3.63, 3.8) is 0 Å². The van der Waals surface area contributed by atoms with E-state index in [1.807, 2.05) is 20.8 Å². The number of thiazole rings is 1. The molecular formula is C21H33IN4O2S. The van der Waals surface area contributed by atoms with E-state index in [4.69, 9.17) is 14.5 Å². The van der Waals surface area contributed by atoms with Gasteiger partial charge in [0.2, 0.25) is 0 Å². The number of benzene rings is 1. The number of aryl methyl sites for hydroxylation is 2. The molecule has 0 amide bonds. The summed E-state index contributed by atoms with van der Waals surface area (Å²) in [7, 11) is 0. The van der Waals surface area contributed by atoms with Gasteiger partial charge in [-0.15, -0.1) is 35.3 Å². The summed E-state index contributed by atoms with van der Waals surface area (Å²) in [6.07, 6.45) is 0. The van der Waals surface area contributed by atoms with E-state index < -0.39 is 0 Å². The minimum absolute atomic E-state index is 0. The highest BCUT2D eigenvalue weighted by Crippen LogP contribution is 2.16. The van der Waals surface area contributed by atoms with Crippen LogP contribution in [0.5, 0.6) is 0 Å². The summed E-state index contributed by atoms with van der Waals surface area (Å²) in [5, 5.41) is 7.80. The monoisotopic (exact) mass is 532 g/mol. The third kappa shape index (κ3) is 9.88. The molecule has 0 fully saturated rings. The Kier molecular flexibility index (Phi) is 13.1. The zero-order chi connectivity index (χ0) is 20.2. The molecule has 2 N–H and O–H groups in total. The van der Waals surface area contributed by atoms with Gasteiger partial charge in [0, 0.05) is 18.0 Å². The molecule has 0 bridgehead atoms. The highest BCUT2D eigenvalue weighted by atomic mass is 127. The Bertz CT molecular complexity index is 752. The normalized spacial score (nSPS) is 11.2. The number of guanidine groups is 1. The van der Waals surface area contributed by atoms with Crippen LogP contribution in [0.1, 0.15) is 40.6 Å². The van der Waals surface area contributed by atoms with Crippen LogP contribution in [0.3, 0.4) is 0 Å². The molecule has 2 aromatic rings. The number of hydrogen-bond acceptors (Lipinski definition) is 5. The van der Waals surface area contributed by atoms with Gasteiger partial charge in [-0.05, 0) is 38.8 Å². The van der Waals surface area contributed by atoms with Gasteiger partial charge in [-0.2, -0.15) is 0 Å². The zero-order valence-electron chi connectivity index (χ0n) is 17.8. The average molecular weight is 532 g/mol. The van der Waals surface area contributed by atoms with E-state index in [1.165, 1.54) is 4.88 Å². The molecule has 2 rings (SSSR count). The molecule has 0 unspecified atom stereocenters. The molecule has 0 aliphatic carbocycles. The van der Waals surface area contributed by atoms with Crippen molar-refractivity contribution in [3.8, 4) is 0 Å². The second-order valence-corrected chi connectivity index (χ2v) is 7.65. The first-order chi connectivity index (χ1) is 13.6. The third-order valence-corrected chi connectivity index (χ3v) is 5.09. The molecule has 0 saturated heterocycles. The van der Waals surface area contributed by atoms with Crippen molar-refractivity contribution in [1.29, 1.82) is 0 Å². The van der Waals surface area contributed by atoms with Crippen molar-refractivity contribution < 1.29 is 9.47 Å². The predicted octanol–water partition coefficient (Wildman–Crippen LogP) is 4.19. The Hall–Kier alpha value is -1.23. The maximum Gasteiger partial charge on any atom is 0.191 e. The van der Waals surface area contributed by atoms with Crippen LogP contribution in [0.4, 0.5) is 0 Å². The molecule has 0 saturated carbocycles. The van der Waals surface area contributed by atoms with Gasteiger partial charge in [0.15, 0.2) is 5.96 Å². The number of aliphatic imine (C=N–C) groups is 1. The molecule has 6 nitrogen and oxygen atoms in total. The van der Waals surface area contributed by atoms with Crippen LogP contribution in [-0.4, -0.2) is 37.3 Å². The molecule has 0 spiro atoms. The van der Waals surface area contributed by atoms with Gasteiger partial charge in [0.1, 0.15) is 0 Å². The van der Waals surface area contributed by atoms with Crippen molar-refractivity contribution in [2.45, 2.75) is 47.4 Å². The first kappa shape index (κ1) is 25.8. The Labute approximate surface area is 195 Å². The molecular weight excluding hydrogens is 499 g/mol. The summed E-state index contributed by atoms with van der Waals surface area (Å²) in [5.74, 6) is 0.811. The van der Waals surface area contributed by atoms with E-state index in [-0.39, 0.29) is 24.0 Å². The Balaban J connectivity index is 0.00000420. The van der Waals surface area contributed by atoms with Crippen molar-refractivity contribution in [1.82, 2.24) is 15.6 Å².